The van der Waals surface area contributed by atoms with Crippen LogP contribution in [0.2, 0.25) is 0 Å². The number of ether oxygens (including phenoxy) is 1. The Hall–Kier alpha value is -1.49. The van der Waals surface area contributed by atoms with Crippen LogP contribution in [0.1, 0.15) is 36.7 Å². The van der Waals surface area contributed by atoms with Gasteiger partial charge in [-0.05, 0) is 40.9 Å². The molecular formula is C15H21NO3S. The molecule has 0 saturated carbocycles. The summed E-state index contributed by atoms with van der Waals surface area (Å²) in [6.07, 6.45) is 0. The second kappa shape index (κ2) is 6.31. The summed E-state index contributed by atoms with van der Waals surface area (Å²) in [5.41, 5.74) is 1.29. The van der Waals surface area contributed by atoms with Crippen molar-refractivity contribution in [3.05, 3.63) is 29.3 Å². The quantitative estimate of drug-likeness (QED) is 0.618. The number of amides is 1. The third kappa shape index (κ3) is 4.00. The summed E-state index contributed by atoms with van der Waals surface area (Å²) in [4.78, 5) is 25.9. The molecule has 0 spiro atoms. The van der Waals surface area contributed by atoms with Gasteiger partial charge in [0.25, 0.3) is 5.24 Å². The molecule has 5 heteroatoms. The van der Waals surface area contributed by atoms with Crippen LogP contribution >= 0.6 is 11.8 Å². The summed E-state index contributed by atoms with van der Waals surface area (Å²) in [6.45, 7) is 6.15. The Labute approximate surface area is 124 Å². The summed E-state index contributed by atoms with van der Waals surface area (Å²) >= 11 is 1.17. The van der Waals surface area contributed by atoms with Crippen LogP contribution < -0.4 is 0 Å². The molecule has 1 aromatic rings. The number of methoxy groups -OCH3 is 1. The van der Waals surface area contributed by atoms with Crippen molar-refractivity contribution in [1.29, 1.82) is 0 Å². The van der Waals surface area contributed by atoms with E-state index in [9.17, 15) is 9.59 Å². The molecule has 0 atom stereocenters. The molecule has 0 N–H and O–H groups in total. The van der Waals surface area contributed by atoms with Gasteiger partial charge in [-0.25, -0.2) is 4.79 Å². The molecule has 0 radical (unpaired) electrons. The summed E-state index contributed by atoms with van der Waals surface area (Å²) in [6, 6.07) is 5.29. The van der Waals surface area contributed by atoms with Crippen LogP contribution in [0, 0.1) is 0 Å². The van der Waals surface area contributed by atoms with Crippen LogP contribution in [0.3, 0.4) is 0 Å². The van der Waals surface area contributed by atoms with Crippen molar-refractivity contribution < 1.29 is 14.3 Å². The van der Waals surface area contributed by atoms with E-state index in [1.165, 1.54) is 23.8 Å². The highest BCUT2D eigenvalue weighted by Crippen LogP contribution is 2.34. The van der Waals surface area contributed by atoms with Crippen molar-refractivity contribution >= 4 is 23.0 Å². The molecule has 20 heavy (non-hydrogen) atoms. The van der Waals surface area contributed by atoms with E-state index in [0.29, 0.717) is 5.56 Å². The standard InChI is InChI=1S/C15H21NO3S/c1-15(2,3)11-9-10(13(17)19-6)7-8-12(11)20-14(18)16(4)5/h7-9H,1-6H3. The molecule has 0 bridgehead atoms. The lowest BCUT2D eigenvalue weighted by Gasteiger charge is -2.23. The first-order valence-corrected chi connectivity index (χ1v) is 7.10. The van der Waals surface area contributed by atoms with Gasteiger partial charge in [0.15, 0.2) is 0 Å². The largest absolute Gasteiger partial charge is 0.465 e. The number of esters is 1. The highest BCUT2D eigenvalue weighted by atomic mass is 32.2. The van der Waals surface area contributed by atoms with Crippen LogP contribution in [-0.2, 0) is 10.2 Å². The van der Waals surface area contributed by atoms with Gasteiger partial charge in [0.05, 0.1) is 12.7 Å². The first-order valence-electron chi connectivity index (χ1n) is 6.28. The van der Waals surface area contributed by atoms with E-state index in [-0.39, 0.29) is 16.6 Å². The Morgan fingerprint density at radius 3 is 2.25 bits per heavy atom. The first-order chi connectivity index (χ1) is 9.16. The van der Waals surface area contributed by atoms with Crippen LogP contribution in [0.15, 0.2) is 23.1 Å². The number of hydrogen-bond donors (Lipinski definition) is 0. The predicted octanol–water partition coefficient (Wildman–Crippen LogP) is 3.54. The Kier molecular flexibility index (Phi) is 5.22. The Morgan fingerprint density at radius 1 is 1.20 bits per heavy atom. The lowest BCUT2D eigenvalue weighted by atomic mass is 9.86. The topological polar surface area (TPSA) is 46.6 Å². The van der Waals surface area contributed by atoms with E-state index in [1.54, 1.807) is 32.3 Å². The molecule has 0 aliphatic heterocycles. The monoisotopic (exact) mass is 295 g/mol. The third-order valence-electron chi connectivity index (χ3n) is 2.77. The van der Waals surface area contributed by atoms with E-state index in [0.717, 1.165) is 10.5 Å². The number of rotatable bonds is 2. The molecule has 0 fully saturated rings. The zero-order valence-electron chi connectivity index (χ0n) is 12.8. The minimum absolute atomic E-state index is 0.0404. The molecule has 0 aromatic heterocycles. The lowest BCUT2D eigenvalue weighted by molar-refractivity contribution is 0.0600. The highest BCUT2D eigenvalue weighted by Gasteiger charge is 2.22. The van der Waals surface area contributed by atoms with Crippen LogP contribution in [-0.4, -0.2) is 37.3 Å². The summed E-state index contributed by atoms with van der Waals surface area (Å²) in [5.74, 6) is -0.369. The normalized spacial score (nSPS) is 11.1. The van der Waals surface area contributed by atoms with E-state index in [1.807, 2.05) is 20.8 Å². The zero-order chi connectivity index (χ0) is 15.5. The SMILES string of the molecule is COC(=O)c1ccc(SC(=O)N(C)C)c(C(C)(C)C)c1. The van der Waals surface area contributed by atoms with Gasteiger partial charge in [-0.15, -0.1) is 0 Å². The fourth-order valence-electron chi connectivity index (χ4n) is 1.64. The van der Waals surface area contributed by atoms with E-state index >= 15 is 0 Å². The number of thioether (sulfide) groups is 1. The maximum absolute atomic E-state index is 11.9. The fourth-order valence-corrected chi connectivity index (χ4v) is 2.62. The van der Waals surface area contributed by atoms with Gasteiger partial charge >= 0.3 is 5.97 Å². The molecule has 0 aliphatic carbocycles. The summed E-state index contributed by atoms with van der Waals surface area (Å²) in [7, 11) is 4.79. The van der Waals surface area contributed by atoms with E-state index in [2.05, 4.69) is 0 Å². The van der Waals surface area contributed by atoms with E-state index < -0.39 is 0 Å². The van der Waals surface area contributed by atoms with Gasteiger partial charge in [0.1, 0.15) is 0 Å². The smallest absolute Gasteiger partial charge is 0.337 e. The van der Waals surface area contributed by atoms with Crippen molar-refractivity contribution in [2.45, 2.75) is 31.1 Å². The average Bonchev–Trinajstić information content (AvgIpc) is 2.36. The van der Waals surface area contributed by atoms with Crippen molar-refractivity contribution in [3.63, 3.8) is 0 Å². The van der Waals surface area contributed by atoms with Crippen molar-refractivity contribution in [3.8, 4) is 0 Å². The Morgan fingerprint density at radius 2 is 1.80 bits per heavy atom. The van der Waals surface area contributed by atoms with Gasteiger partial charge in [-0.2, -0.15) is 0 Å². The molecule has 1 aromatic carbocycles. The van der Waals surface area contributed by atoms with E-state index in [4.69, 9.17) is 4.74 Å². The van der Waals surface area contributed by atoms with Crippen LogP contribution in [0.5, 0.6) is 0 Å². The minimum Gasteiger partial charge on any atom is -0.465 e. The molecule has 110 valence electrons. The van der Waals surface area contributed by atoms with Crippen LogP contribution in [0.25, 0.3) is 0 Å². The molecule has 0 heterocycles. The van der Waals surface area contributed by atoms with Gasteiger partial charge in [-0.3, -0.25) is 4.79 Å². The fraction of sp³-hybridized carbons (Fsp3) is 0.467. The molecular weight excluding hydrogens is 274 g/mol. The first kappa shape index (κ1) is 16.6. The van der Waals surface area contributed by atoms with Crippen LogP contribution in [0.4, 0.5) is 4.79 Å². The number of carbonyl (C=O) groups is 2. The Balaban J connectivity index is 3.24. The second-order valence-corrected chi connectivity index (χ2v) is 6.71. The van der Waals surface area contributed by atoms with Crippen molar-refractivity contribution in [2.75, 3.05) is 21.2 Å². The summed E-state index contributed by atoms with van der Waals surface area (Å²) in [5, 5.41) is -0.0404. The molecule has 1 amide bonds. The number of nitrogens with zero attached hydrogens (tertiary/aromatic N) is 1. The maximum atomic E-state index is 11.9. The average molecular weight is 295 g/mol. The molecule has 0 saturated heterocycles. The number of carbonyl (C=O) groups excluding carboxylic acids is 2. The summed E-state index contributed by atoms with van der Waals surface area (Å²) < 4.78 is 4.74. The Bertz CT molecular complexity index is 518. The maximum Gasteiger partial charge on any atom is 0.337 e. The lowest BCUT2D eigenvalue weighted by Crippen LogP contribution is -2.18. The predicted molar refractivity (Wildman–Crippen MR) is 81.4 cm³/mol. The molecule has 1 rings (SSSR count). The van der Waals surface area contributed by atoms with Gasteiger partial charge in [-0.1, -0.05) is 20.8 Å². The minimum atomic E-state index is -0.369. The molecule has 0 unspecified atom stereocenters. The van der Waals surface area contributed by atoms with Gasteiger partial charge in [0, 0.05) is 19.0 Å². The molecule has 4 nitrogen and oxygen atoms in total. The van der Waals surface area contributed by atoms with Gasteiger partial charge in [0.2, 0.25) is 0 Å². The highest BCUT2D eigenvalue weighted by molar-refractivity contribution is 8.13. The molecule has 0 aliphatic rings. The number of benzene rings is 1. The third-order valence-corrected chi connectivity index (χ3v) is 3.89. The second-order valence-electron chi connectivity index (χ2n) is 5.71. The van der Waals surface area contributed by atoms with Crippen molar-refractivity contribution in [1.82, 2.24) is 4.90 Å². The number of hydrogen-bond acceptors (Lipinski definition) is 4. The van der Waals surface area contributed by atoms with Crippen molar-refractivity contribution in [2.24, 2.45) is 0 Å². The zero-order valence-corrected chi connectivity index (χ0v) is 13.6. The van der Waals surface area contributed by atoms with Gasteiger partial charge < -0.3 is 9.64 Å².